The van der Waals surface area contributed by atoms with Crippen molar-refractivity contribution in [2.45, 2.75) is 0 Å². The predicted molar refractivity (Wildman–Crippen MR) is 192 cm³/mol. The van der Waals surface area contributed by atoms with Crippen molar-refractivity contribution in [2.75, 3.05) is 4.90 Å². The van der Waals surface area contributed by atoms with Gasteiger partial charge in [0.15, 0.2) is 5.58 Å². The van der Waals surface area contributed by atoms with E-state index in [1.54, 1.807) is 6.20 Å². The smallest absolute Gasteiger partial charge is 0.153 e. The summed E-state index contributed by atoms with van der Waals surface area (Å²) in [6.45, 7) is 0. The molecule has 3 heteroatoms. The fourth-order valence-corrected chi connectivity index (χ4v) is 6.73. The maximum atomic E-state index is 6.20. The first-order valence-corrected chi connectivity index (χ1v) is 15.5. The number of nitrogens with zero attached hydrogens (tertiary/aromatic N) is 2. The number of pyridine rings is 1. The lowest BCUT2D eigenvalue weighted by Gasteiger charge is -2.27. The number of rotatable bonds is 5. The zero-order chi connectivity index (χ0) is 30.5. The minimum Gasteiger partial charge on any atom is -0.454 e. The lowest BCUT2D eigenvalue weighted by atomic mass is 9.97. The second-order valence-electron chi connectivity index (χ2n) is 11.6. The first kappa shape index (κ1) is 26.2. The zero-order valence-electron chi connectivity index (χ0n) is 25.0. The first-order valence-electron chi connectivity index (χ1n) is 15.5. The number of aromatic nitrogens is 1. The summed E-state index contributed by atoms with van der Waals surface area (Å²) in [7, 11) is 0. The monoisotopic (exact) mass is 588 g/mol. The van der Waals surface area contributed by atoms with E-state index in [1.807, 2.05) is 12.3 Å². The Kier molecular flexibility index (Phi) is 6.14. The van der Waals surface area contributed by atoms with Gasteiger partial charge in [0.05, 0.1) is 11.9 Å². The van der Waals surface area contributed by atoms with Crippen LogP contribution in [-0.4, -0.2) is 4.98 Å². The van der Waals surface area contributed by atoms with E-state index >= 15 is 0 Å². The maximum Gasteiger partial charge on any atom is 0.153 e. The van der Waals surface area contributed by atoms with E-state index in [0.29, 0.717) is 0 Å². The van der Waals surface area contributed by atoms with Gasteiger partial charge in [0, 0.05) is 33.7 Å². The summed E-state index contributed by atoms with van der Waals surface area (Å²) in [6.07, 6.45) is 3.62. The Balaban J connectivity index is 1.25. The van der Waals surface area contributed by atoms with E-state index < -0.39 is 0 Å². The van der Waals surface area contributed by atoms with Crippen LogP contribution in [-0.2, 0) is 0 Å². The normalized spacial score (nSPS) is 11.5. The molecule has 9 aromatic rings. The van der Waals surface area contributed by atoms with Crippen LogP contribution >= 0.6 is 0 Å². The van der Waals surface area contributed by atoms with Gasteiger partial charge in [0.1, 0.15) is 5.58 Å². The quantitative estimate of drug-likeness (QED) is 0.200. The maximum absolute atomic E-state index is 6.20. The molecule has 2 heterocycles. The Morgan fingerprint density at radius 2 is 1.20 bits per heavy atom. The molecule has 0 saturated carbocycles. The van der Waals surface area contributed by atoms with Gasteiger partial charge in [-0.2, -0.15) is 0 Å². The Bertz CT molecular complexity index is 2530. The summed E-state index contributed by atoms with van der Waals surface area (Å²) < 4.78 is 6.20. The van der Waals surface area contributed by atoms with Crippen LogP contribution in [0, 0.1) is 0 Å². The van der Waals surface area contributed by atoms with Crippen molar-refractivity contribution in [3.63, 3.8) is 0 Å². The summed E-state index contributed by atoms with van der Waals surface area (Å²) in [5, 5.41) is 6.92. The van der Waals surface area contributed by atoms with Gasteiger partial charge in [-0.15, -0.1) is 0 Å². The molecule has 3 nitrogen and oxygen atoms in total. The van der Waals surface area contributed by atoms with E-state index in [0.717, 1.165) is 49.8 Å². The average Bonchev–Trinajstić information content (AvgIpc) is 3.49. The van der Waals surface area contributed by atoms with Crippen LogP contribution in [0.1, 0.15) is 0 Å². The zero-order valence-corrected chi connectivity index (χ0v) is 25.0. The number of hydrogen-bond acceptors (Lipinski definition) is 3. The first-order chi connectivity index (χ1) is 22.8. The van der Waals surface area contributed by atoms with Crippen molar-refractivity contribution in [1.82, 2.24) is 4.98 Å². The van der Waals surface area contributed by atoms with E-state index in [2.05, 4.69) is 162 Å². The van der Waals surface area contributed by atoms with Crippen LogP contribution in [0.5, 0.6) is 0 Å². The molecule has 216 valence electrons. The molecule has 0 bridgehead atoms. The van der Waals surface area contributed by atoms with Crippen molar-refractivity contribution in [3.05, 3.63) is 170 Å². The highest BCUT2D eigenvalue weighted by Crippen LogP contribution is 2.43. The number of furan rings is 1. The molecule has 0 fully saturated rings. The summed E-state index contributed by atoms with van der Waals surface area (Å²) in [6, 6.07) is 56.4. The molecule has 0 aliphatic heterocycles. The fraction of sp³-hybridized carbons (Fsp3) is 0. The van der Waals surface area contributed by atoms with Crippen molar-refractivity contribution in [3.8, 4) is 22.3 Å². The minimum absolute atomic E-state index is 0.797. The van der Waals surface area contributed by atoms with E-state index in [4.69, 9.17) is 4.42 Å². The van der Waals surface area contributed by atoms with Crippen LogP contribution in [0.3, 0.4) is 0 Å². The Labute approximate surface area is 266 Å². The molecular weight excluding hydrogens is 560 g/mol. The molecule has 0 saturated heterocycles. The fourth-order valence-electron chi connectivity index (χ4n) is 6.73. The molecule has 9 rings (SSSR count). The van der Waals surface area contributed by atoms with Crippen molar-refractivity contribution in [1.29, 1.82) is 0 Å². The molecule has 0 amide bonds. The highest BCUT2D eigenvalue weighted by molar-refractivity contribution is 6.13. The Morgan fingerprint density at radius 1 is 0.435 bits per heavy atom. The topological polar surface area (TPSA) is 29.3 Å². The number of benzene rings is 7. The van der Waals surface area contributed by atoms with E-state index in [-0.39, 0.29) is 0 Å². The summed E-state index contributed by atoms with van der Waals surface area (Å²) in [5.41, 5.74) is 9.73. The van der Waals surface area contributed by atoms with Crippen LogP contribution in [0.15, 0.2) is 175 Å². The highest BCUT2D eigenvalue weighted by atomic mass is 16.3. The van der Waals surface area contributed by atoms with Gasteiger partial charge in [-0.25, -0.2) is 0 Å². The van der Waals surface area contributed by atoms with Gasteiger partial charge in [-0.1, -0.05) is 109 Å². The van der Waals surface area contributed by atoms with Gasteiger partial charge in [0.25, 0.3) is 0 Å². The Hall–Kier alpha value is -6.19. The number of hydrogen-bond donors (Lipinski definition) is 0. The van der Waals surface area contributed by atoms with Gasteiger partial charge in [0.2, 0.25) is 0 Å². The van der Waals surface area contributed by atoms with Crippen molar-refractivity contribution >= 4 is 60.5 Å². The lowest BCUT2D eigenvalue weighted by molar-refractivity contribution is 0.667. The van der Waals surface area contributed by atoms with Crippen LogP contribution < -0.4 is 4.90 Å². The summed E-state index contributed by atoms with van der Waals surface area (Å²) >= 11 is 0. The van der Waals surface area contributed by atoms with Gasteiger partial charge < -0.3 is 9.32 Å². The highest BCUT2D eigenvalue weighted by Gasteiger charge is 2.18. The third-order valence-electron chi connectivity index (χ3n) is 8.93. The van der Waals surface area contributed by atoms with E-state index in [9.17, 15) is 0 Å². The number of fused-ring (bicyclic) bond motifs is 5. The van der Waals surface area contributed by atoms with Gasteiger partial charge in [-0.05, 0) is 86.9 Å². The standard InChI is InChI=1S/C43H28N2O/c1-2-9-29(10-3-1)32-13-6-15-35(25-32)45(34-21-19-31(20-22-34)37-17-7-12-30-11-4-5-16-36(30)37)41-18-8-14-33-26-42-40(27-39(33)41)38-23-24-44-28-43(38)46-42/h1-28H. The second-order valence-corrected chi connectivity index (χ2v) is 11.6. The molecule has 7 aromatic carbocycles. The third kappa shape index (κ3) is 4.41. The average molecular weight is 589 g/mol. The molecule has 0 aliphatic rings. The molecule has 0 unspecified atom stereocenters. The summed E-state index contributed by atoms with van der Waals surface area (Å²) in [5.74, 6) is 0. The molecular formula is C43H28N2O. The molecule has 46 heavy (non-hydrogen) atoms. The van der Waals surface area contributed by atoms with Crippen LogP contribution in [0.2, 0.25) is 0 Å². The molecule has 0 spiro atoms. The van der Waals surface area contributed by atoms with Crippen molar-refractivity contribution < 1.29 is 4.42 Å². The largest absolute Gasteiger partial charge is 0.454 e. The summed E-state index contributed by atoms with van der Waals surface area (Å²) in [4.78, 5) is 6.65. The second kappa shape index (κ2) is 10.8. The SMILES string of the molecule is c1ccc(-c2cccc(N(c3ccc(-c4cccc5ccccc45)cc3)c3cccc4cc5oc6cnccc6c5cc34)c2)cc1. The Morgan fingerprint density at radius 3 is 2.11 bits per heavy atom. The van der Waals surface area contributed by atoms with E-state index in [1.165, 1.54) is 33.0 Å². The third-order valence-corrected chi connectivity index (χ3v) is 8.93. The predicted octanol–water partition coefficient (Wildman–Crippen LogP) is 12.1. The molecule has 0 atom stereocenters. The molecule has 2 aromatic heterocycles. The molecule has 0 N–H and O–H groups in total. The minimum atomic E-state index is 0.797. The van der Waals surface area contributed by atoms with Gasteiger partial charge >= 0.3 is 0 Å². The lowest BCUT2D eigenvalue weighted by Crippen LogP contribution is -2.10. The van der Waals surface area contributed by atoms with Gasteiger partial charge in [-0.3, -0.25) is 4.98 Å². The van der Waals surface area contributed by atoms with Crippen LogP contribution in [0.25, 0.3) is 65.7 Å². The number of anilines is 3. The van der Waals surface area contributed by atoms with Crippen molar-refractivity contribution in [2.24, 2.45) is 0 Å². The molecule has 0 radical (unpaired) electrons. The molecule has 0 aliphatic carbocycles. The van der Waals surface area contributed by atoms with Crippen LogP contribution in [0.4, 0.5) is 17.1 Å².